The topological polar surface area (TPSA) is 154 Å². The lowest BCUT2D eigenvalue weighted by atomic mass is 10.0. The molecule has 3 amide bonds. The Morgan fingerprint density at radius 3 is 2.51 bits per heavy atom. The van der Waals surface area contributed by atoms with E-state index >= 15 is 0 Å². The van der Waals surface area contributed by atoms with Crippen molar-refractivity contribution in [3.05, 3.63) is 65.0 Å². The summed E-state index contributed by atoms with van der Waals surface area (Å²) in [5.41, 5.74) is 2.74. The Labute approximate surface area is 252 Å². The number of aliphatic hydroxyl groups excluding tert-OH is 1. The maximum atomic E-state index is 13.5. The van der Waals surface area contributed by atoms with Crippen molar-refractivity contribution in [2.75, 3.05) is 36.8 Å². The number of hydrogen-bond acceptors (Lipinski definition) is 8. The first kappa shape index (κ1) is 31.8. The van der Waals surface area contributed by atoms with E-state index in [2.05, 4.69) is 15.2 Å². The van der Waals surface area contributed by atoms with Crippen LogP contribution < -0.4 is 14.8 Å². The molecule has 0 spiro atoms. The molecule has 2 aromatic carbocycles. The van der Waals surface area contributed by atoms with Gasteiger partial charge in [-0.05, 0) is 58.0 Å². The number of nitrogens with zero attached hydrogens (tertiary/aromatic N) is 3. The smallest absolute Gasteiger partial charge is 0.321 e. The van der Waals surface area contributed by atoms with Gasteiger partial charge in [-0.3, -0.25) is 9.52 Å². The van der Waals surface area contributed by atoms with Crippen LogP contribution in [0.2, 0.25) is 0 Å². The molecule has 0 bridgehead atoms. The number of carbonyl (C=O) groups is 2. The number of aryl methyl sites for hydroxylation is 3. The summed E-state index contributed by atoms with van der Waals surface area (Å²) >= 11 is 0. The summed E-state index contributed by atoms with van der Waals surface area (Å²) in [5, 5.41) is 16.6. The number of sulfonamides is 1. The minimum Gasteiger partial charge on any atom is -0.488 e. The number of nitrogens with one attached hydrogen (secondary N) is 2. The fourth-order valence-corrected chi connectivity index (χ4v) is 5.91. The monoisotopic (exact) mass is 613 g/mol. The van der Waals surface area contributed by atoms with Gasteiger partial charge in [0.15, 0.2) is 5.76 Å². The molecule has 12 nitrogen and oxygen atoms in total. The van der Waals surface area contributed by atoms with Crippen LogP contribution in [0.1, 0.15) is 36.4 Å². The van der Waals surface area contributed by atoms with E-state index in [0.717, 1.165) is 5.56 Å². The van der Waals surface area contributed by atoms with Crippen molar-refractivity contribution in [2.45, 2.75) is 58.1 Å². The van der Waals surface area contributed by atoms with E-state index in [1.165, 1.54) is 17.0 Å². The number of fused-ring (bicyclic) bond motifs is 1. The molecule has 2 heterocycles. The normalized spacial score (nSPS) is 18.0. The van der Waals surface area contributed by atoms with Crippen molar-refractivity contribution in [1.82, 2.24) is 15.0 Å². The van der Waals surface area contributed by atoms with E-state index in [1.54, 1.807) is 63.1 Å². The Hall–Kier alpha value is -4.10. The van der Waals surface area contributed by atoms with Gasteiger partial charge in [-0.25, -0.2) is 13.2 Å². The van der Waals surface area contributed by atoms with Crippen LogP contribution >= 0.6 is 0 Å². The second-order valence-corrected chi connectivity index (χ2v) is 12.8. The lowest BCUT2D eigenvalue weighted by molar-refractivity contribution is -0.134. The summed E-state index contributed by atoms with van der Waals surface area (Å²) < 4.78 is 40.3. The number of carbonyl (C=O) groups excluding carboxylic acids is 2. The number of likely N-dealkylation sites (N-methyl/N-ethyl adjacent to an activating group) is 1. The highest BCUT2D eigenvalue weighted by molar-refractivity contribution is 7.92. The summed E-state index contributed by atoms with van der Waals surface area (Å²) in [6, 6.07) is 10.4. The predicted octanol–water partition coefficient (Wildman–Crippen LogP) is 3.71. The minimum atomic E-state index is -3.88. The first-order chi connectivity index (χ1) is 20.3. The van der Waals surface area contributed by atoms with E-state index in [9.17, 15) is 23.1 Å². The first-order valence-electron chi connectivity index (χ1n) is 14.0. The maximum Gasteiger partial charge on any atom is 0.321 e. The quantitative estimate of drug-likeness (QED) is 0.347. The molecule has 0 saturated carbocycles. The number of benzene rings is 2. The molecule has 3 atom stereocenters. The Balaban J connectivity index is 1.62. The van der Waals surface area contributed by atoms with Crippen LogP contribution in [-0.4, -0.2) is 79.3 Å². The summed E-state index contributed by atoms with van der Waals surface area (Å²) in [7, 11) is -2.24. The highest BCUT2D eigenvalue weighted by atomic mass is 32.2. The van der Waals surface area contributed by atoms with Gasteiger partial charge in [0, 0.05) is 30.8 Å². The van der Waals surface area contributed by atoms with Crippen LogP contribution in [0.5, 0.6) is 5.75 Å². The zero-order valence-corrected chi connectivity index (χ0v) is 26.1. The van der Waals surface area contributed by atoms with E-state index in [0.29, 0.717) is 28.5 Å². The minimum absolute atomic E-state index is 0.0679. The van der Waals surface area contributed by atoms with Gasteiger partial charge < -0.3 is 29.5 Å². The number of anilines is 2. The molecule has 1 aromatic heterocycles. The highest BCUT2D eigenvalue weighted by Crippen LogP contribution is 2.30. The third-order valence-corrected chi connectivity index (χ3v) is 8.96. The molecule has 4 rings (SSSR count). The molecule has 0 unspecified atom stereocenters. The molecule has 0 radical (unpaired) electrons. The van der Waals surface area contributed by atoms with E-state index in [-0.39, 0.29) is 54.6 Å². The van der Waals surface area contributed by atoms with Crippen LogP contribution in [0.15, 0.2) is 51.9 Å². The summed E-state index contributed by atoms with van der Waals surface area (Å²) in [6.45, 7) is 9.22. The number of urea groups is 1. The predicted molar refractivity (Wildman–Crippen MR) is 162 cm³/mol. The van der Waals surface area contributed by atoms with E-state index in [1.807, 2.05) is 13.8 Å². The molecule has 1 aliphatic heterocycles. The lowest BCUT2D eigenvalue weighted by Gasteiger charge is -2.34. The molecule has 0 saturated heterocycles. The molecule has 1 aliphatic rings. The van der Waals surface area contributed by atoms with Gasteiger partial charge >= 0.3 is 6.03 Å². The molecule has 232 valence electrons. The number of amides is 3. The zero-order valence-electron chi connectivity index (χ0n) is 25.2. The number of aromatic nitrogens is 1. The van der Waals surface area contributed by atoms with Gasteiger partial charge in [0.2, 0.25) is 5.91 Å². The SMILES string of the molecule is Cc1ccc(S(=O)(=O)Nc2ccc3c(c2)CC(=O)N([C@H](C)CO)C[C@H](C)[C@H](CN(C)C(=O)Nc2c(C)noc2C)O3)cc1. The van der Waals surface area contributed by atoms with Crippen molar-refractivity contribution < 1.29 is 32.4 Å². The van der Waals surface area contributed by atoms with Crippen LogP contribution in [0.4, 0.5) is 16.2 Å². The van der Waals surface area contributed by atoms with Crippen molar-refractivity contribution >= 4 is 33.3 Å². The Morgan fingerprint density at radius 1 is 1.19 bits per heavy atom. The number of ether oxygens (including phenoxy) is 1. The third kappa shape index (κ3) is 7.46. The molecule has 43 heavy (non-hydrogen) atoms. The number of aliphatic hydroxyl groups is 1. The van der Waals surface area contributed by atoms with Crippen LogP contribution in [0.25, 0.3) is 0 Å². The maximum absolute atomic E-state index is 13.5. The van der Waals surface area contributed by atoms with Crippen LogP contribution in [0, 0.1) is 26.7 Å². The Morgan fingerprint density at radius 2 is 1.88 bits per heavy atom. The van der Waals surface area contributed by atoms with Gasteiger partial charge in [0.25, 0.3) is 10.0 Å². The molecule has 13 heteroatoms. The van der Waals surface area contributed by atoms with Gasteiger partial charge in [-0.1, -0.05) is 29.8 Å². The van der Waals surface area contributed by atoms with Crippen molar-refractivity contribution in [2.24, 2.45) is 5.92 Å². The van der Waals surface area contributed by atoms with E-state index in [4.69, 9.17) is 9.26 Å². The standard InChI is InChI=1S/C30H39N5O7S/c1-18-7-10-25(11-8-18)43(39,40)33-24-9-12-26-23(13-24)14-28(37)35(20(3)17-36)15-19(2)27(41-26)16-34(6)30(38)31-29-21(4)32-42-22(29)5/h7-13,19-20,27,33,36H,14-17H2,1-6H3,(H,31,38)/t19-,20+,27-/m0/s1. The molecule has 0 aliphatic carbocycles. The van der Waals surface area contributed by atoms with Gasteiger partial charge in [-0.15, -0.1) is 0 Å². The summed E-state index contributed by atoms with van der Waals surface area (Å²) in [4.78, 5) is 29.8. The summed E-state index contributed by atoms with van der Waals surface area (Å²) in [6.07, 6.45) is -0.616. The fourth-order valence-electron chi connectivity index (χ4n) is 4.86. The highest BCUT2D eigenvalue weighted by Gasteiger charge is 2.32. The van der Waals surface area contributed by atoms with Crippen molar-refractivity contribution in [1.29, 1.82) is 0 Å². The van der Waals surface area contributed by atoms with E-state index < -0.39 is 22.2 Å². The van der Waals surface area contributed by atoms with Crippen LogP contribution in [-0.2, 0) is 21.2 Å². The first-order valence-corrected chi connectivity index (χ1v) is 15.5. The second-order valence-electron chi connectivity index (χ2n) is 11.1. The molecule has 3 aromatic rings. The largest absolute Gasteiger partial charge is 0.488 e. The Kier molecular flexibility index (Phi) is 9.65. The molecular weight excluding hydrogens is 574 g/mol. The number of rotatable bonds is 8. The van der Waals surface area contributed by atoms with Crippen molar-refractivity contribution in [3.8, 4) is 5.75 Å². The molecule has 3 N–H and O–H groups in total. The zero-order chi connectivity index (χ0) is 31.5. The van der Waals surface area contributed by atoms with Crippen molar-refractivity contribution in [3.63, 3.8) is 0 Å². The fraction of sp³-hybridized carbons (Fsp3) is 0.433. The van der Waals surface area contributed by atoms with Gasteiger partial charge in [0.05, 0.1) is 30.5 Å². The molecular formula is C30H39N5O7S. The lowest BCUT2D eigenvalue weighted by Crippen LogP contribution is -2.48. The number of hydrogen-bond donors (Lipinski definition) is 3. The Bertz CT molecular complexity index is 1550. The second kappa shape index (κ2) is 13.0. The summed E-state index contributed by atoms with van der Waals surface area (Å²) in [5.74, 6) is 0.419. The van der Waals surface area contributed by atoms with Gasteiger partial charge in [0.1, 0.15) is 23.2 Å². The van der Waals surface area contributed by atoms with Crippen LogP contribution in [0.3, 0.4) is 0 Å². The van der Waals surface area contributed by atoms with Gasteiger partial charge in [-0.2, -0.15) is 0 Å². The third-order valence-electron chi connectivity index (χ3n) is 7.57. The average Bonchev–Trinajstić information content (AvgIpc) is 3.29. The average molecular weight is 614 g/mol. The molecule has 0 fully saturated rings.